The molecular weight excluding hydrogens is 192 g/mol. The van der Waals surface area contributed by atoms with Gasteiger partial charge in [-0.3, -0.25) is 0 Å². The van der Waals surface area contributed by atoms with E-state index in [0.717, 1.165) is 25.7 Å². The van der Waals surface area contributed by atoms with Crippen LogP contribution in [-0.4, -0.2) is 33.1 Å². The summed E-state index contributed by atoms with van der Waals surface area (Å²) in [4.78, 5) is 0. The van der Waals surface area contributed by atoms with E-state index in [1.54, 1.807) is 13.8 Å². The Kier molecular flexibility index (Phi) is 6.41. The van der Waals surface area contributed by atoms with Crippen LogP contribution >= 0.6 is 0 Å². The number of hydrogen-bond acceptors (Lipinski definition) is 3. The fourth-order valence-electron chi connectivity index (χ4n) is 1.49. The Morgan fingerprint density at radius 3 is 1.87 bits per heavy atom. The van der Waals surface area contributed by atoms with Crippen molar-refractivity contribution in [2.75, 3.05) is 6.61 Å². The van der Waals surface area contributed by atoms with E-state index in [9.17, 15) is 10.2 Å². The molecule has 1 unspecified atom stereocenters. The molecule has 0 bridgehead atoms. The molecule has 0 aromatic carbocycles. The molecule has 0 aliphatic heterocycles. The predicted molar refractivity (Wildman–Crippen MR) is 61.7 cm³/mol. The first kappa shape index (κ1) is 14.9. The zero-order chi connectivity index (χ0) is 11.9. The molecule has 0 aromatic rings. The SMILES string of the molecule is CC(C)(O)CCC(C)(O)CCCCCO. The zero-order valence-corrected chi connectivity index (χ0v) is 10.3. The van der Waals surface area contributed by atoms with Gasteiger partial charge in [0.05, 0.1) is 11.2 Å². The van der Waals surface area contributed by atoms with Gasteiger partial charge in [0.1, 0.15) is 0 Å². The fourth-order valence-corrected chi connectivity index (χ4v) is 1.49. The van der Waals surface area contributed by atoms with Crippen molar-refractivity contribution < 1.29 is 15.3 Å². The molecule has 1 atom stereocenters. The van der Waals surface area contributed by atoms with E-state index in [2.05, 4.69) is 0 Å². The Morgan fingerprint density at radius 2 is 1.40 bits per heavy atom. The average Bonchev–Trinajstić information content (AvgIpc) is 2.09. The standard InChI is InChI=1S/C12H26O3/c1-11(2,14)8-9-12(3,15)7-5-4-6-10-13/h13-15H,4-10H2,1-3H3. The summed E-state index contributed by atoms with van der Waals surface area (Å²) >= 11 is 0. The van der Waals surface area contributed by atoms with Gasteiger partial charge in [0, 0.05) is 6.61 Å². The van der Waals surface area contributed by atoms with Gasteiger partial charge in [-0.2, -0.15) is 0 Å². The van der Waals surface area contributed by atoms with Crippen molar-refractivity contribution in [2.24, 2.45) is 0 Å². The van der Waals surface area contributed by atoms with Crippen LogP contribution < -0.4 is 0 Å². The second kappa shape index (κ2) is 6.46. The van der Waals surface area contributed by atoms with Crippen LogP contribution in [0.3, 0.4) is 0 Å². The van der Waals surface area contributed by atoms with Crippen molar-refractivity contribution in [3.8, 4) is 0 Å². The summed E-state index contributed by atoms with van der Waals surface area (Å²) in [5.74, 6) is 0. The van der Waals surface area contributed by atoms with Gasteiger partial charge in [-0.05, 0) is 46.5 Å². The van der Waals surface area contributed by atoms with Crippen LogP contribution in [0, 0.1) is 0 Å². The zero-order valence-electron chi connectivity index (χ0n) is 10.3. The van der Waals surface area contributed by atoms with Gasteiger partial charge in [-0.1, -0.05) is 12.8 Å². The number of aliphatic hydroxyl groups excluding tert-OH is 1. The quantitative estimate of drug-likeness (QED) is 0.545. The van der Waals surface area contributed by atoms with Gasteiger partial charge in [0.25, 0.3) is 0 Å². The monoisotopic (exact) mass is 218 g/mol. The van der Waals surface area contributed by atoms with Crippen molar-refractivity contribution in [1.82, 2.24) is 0 Å². The first-order valence-corrected chi connectivity index (χ1v) is 5.82. The minimum absolute atomic E-state index is 0.228. The van der Waals surface area contributed by atoms with Gasteiger partial charge < -0.3 is 15.3 Å². The lowest BCUT2D eigenvalue weighted by Gasteiger charge is -2.27. The third kappa shape index (κ3) is 10.2. The summed E-state index contributed by atoms with van der Waals surface area (Å²) in [7, 11) is 0. The normalized spacial score (nSPS) is 16.4. The van der Waals surface area contributed by atoms with Gasteiger partial charge in [0.2, 0.25) is 0 Å². The highest BCUT2D eigenvalue weighted by Crippen LogP contribution is 2.24. The fraction of sp³-hybridized carbons (Fsp3) is 1.00. The molecule has 0 amide bonds. The van der Waals surface area contributed by atoms with E-state index in [4.69, 9.17) is 5.11 Å². The first-order valence-electron chi connectivity index (χ1n) is 5.82. The van der Waals surface area contributed by atoms with E-state index >= 15 is 0 Å². The Morgan fingerprint density at radius 1 is 0.800 bits per heavy atom. The second-order valence-electron chi connectivity index (χ2n) is 5.34. The molecule has 0 spiro atoms. The van der Waals surface area contributed by atoms with Crippen LogP contribution in [-0.2, 0) is 0 Å². The van der Waals surface area contributed by atoms with E-state index in [1.807, 2.05) is 6.92 Å². The molecule has 15 heavy (non-hydrogen) atoms. The molecular formula is C12H26O3. The van der Waals surface area contributed by atoms with Gasteiger partial charge >= 0.3 is 0 Å². The topological polar surface area (TPSA) is 60.7 Å². The molecule has 3 heteroatoms. The van der Waals surface area contributed by atoms with Crippen molar-refractivity contribution >= 4 is 0 Å². The molecule has 0 aromatic heterocycles. The maximum absolute atomic E-state index is 10.0. The number of rotatable bonds is 8. The summed E-state index contributed by atoms with van der Waals surface area (Å²) in [5.41, 5.74) is -1.38. The van der Waals surface area contributed by atoms with Crippen LogP contribution in [0.1, 0.15) is 59.3 Å². The second-order valence-corrected chi connectivity index (χ2v) is 5.34. The van der Waals surface area contributed by atoms with Crippen molar-refractivity contribution in [3.63, 3.8) is 0 Å². The predicted octanol–water partition coefficient (Wildman–Crippen LogP) is 1.84. The molecule has 0 radical (unpaired) electrons. The molecule has 0 saturated carbocycles. The van der Waals surface area contributed by atoms with Crippen molar-refractivity contribution in [2.45, 2.75) is 70.5 Å². The molecule has 0 rings (SSSR count). The molecule has 0 saturated heterocycles. The lowest BCUT2D eigenvalue weighted by molar-refractivity contribution is -0.000304. The highest BCUT2D eigenvalue weighted by Gasteiger charge is 2.23. The number of aliphatic hydroxyl groups is 3. The summed E-state index contributed by atoms with van der Waals surface area (Å²) < 4.78 is 0. The minimum Gasteiger partial charge on any atom is -0.396 e. The lowest BCUT2D eigenvalue weighted by Crippen LogP contribution is -2.29. The van der Waals surface area contributed by atoms with Crippen LogP contribution in [0.25, 0.3) is 0 Å². The molecule has 0 heterocycles. The maximum Gasteiger partial charge on any atom is 0.0620 e. The summed E-state index contributed by atoms with van der Waals surface area (Å²) in [6, 6.07) is 0. The molecule has 0 aliphatic carbocycles. The van der Waals surface area contributed by atoms with Crippen LogP contribution in [0.4, 0.5) is 0 Å². The van der Waals surface area contributed by atoms with Gasteiger partial charge in [-0.25, -0.2) is 0 Å². The smallest absolute Gasteiger partial charge is 0.0620 e. The first-order chi connectivity index (χ1) is 6.77. The Balaban J connectivity index is 3.67. The van der Waals surface area contributed by atoms with E-state index < -0.39 is 11.2 Å². The van der Waals surface area contributed by atoms with Crippen LogP contribution in [0.15, 0.2) is 0 Å². The third-order valence-electron chi connectivity index (χ3n) is 2.65. The molecule has 92 valence electrons. The molecule has 3 nitrogen and oxygen atoms in total. The van der Waals surface area contributed by atoms with E-state index in [1.165, 1.54) is 0 Å². The van der Waals surface area contributed by atoms with Gasteiger partial charge in [-0.15, -0.1) is 0 Å². The summed E-state index contributed by atoms with van der Waals surface area (Å²) in [5, 5.41) is 28.2. The highest BCUT2D eigenvalue weighted by atomic mass is 16.3. The lowest BCUT2D eigenvalue weighted by atomic mass is 9.89. The highest BCUT2D eigenvalue weighted by molar-refractivity contribution is 4.77. The van der Waals surface area contributed by atoms with Gasteiger partial charge in [0.15, 0.2) is 0 Å². The maximum atomic E-state index is 10.0. The summed E-state index contributed by atoms with van der Waals surface area (Å²) in [6.07, 6.45) is 4.66. The molecule has 3 N–H and O–H groups in total. The number of unbranched alkanes of at least 4 members (excludes halogenated alkanes) is 2. The molecule has 0 fully saturated rings. The Hall–Kier alpha value is -0.120. The van der Waals surface area contributed by atoms with Crippen LogP contribution in [0.5, 0.6) is 0 Å². The Labute approximate surface area is 93.1 Å². The Bertz CT molecular complexity index is 159. The van der Waals surface area contributed by atoms with E-state index in [-0.39, 0.29) is 6.61 Å². The average molecular weight is 218 g/mol. The van der Waals surface area contributed by atoms with Crippen LogP contribution in [0.2, 0.25) is 0 Å². The largest absolute Gasteiger partial charge is 0.396 e. The van der Waals surface area contributed by atoms with Crippen molar-refractivity contribution in [1.29, 1.82) is 0 Å². The summed E-state index contributed by atoms with van der Waals surface area (Å²) in [6.45, 7) is 5.56. The number of hydrogen-bond donors (Lipinski definition) is 3. The van der Waals surface area contributed by atoms with E-state index in [0.29, 0.717) is 12.8 Å². The van der Waals surface area contributed by atoms with Crippen molar-refractivity contribution in [3.05, 3.63) is 0 Å². The molecule has 0 aliphatic rings. The minimum atomic E-state index is -0.699. The third-order valence-corrected chi connectivity index (χ3v) is 2.65.